The van der Waals surface area contributed by atoms with Crippen molar-refractivity contribution < 1.29 is 42.1 Å². The molecule has 0 aromatic heterocycles. The number of phosphoric acid groups is 1. The zero-order valence-electron chi connectivity index (χ0n) is 49.3. The smallest absolute Gasteiger partial charge is 0.306 e. The standard InChI is InChI=1S/C68H106NO8P/c1-6-8-10-12-14-16-18-20-22-24-25-26-27-28-29-30-31-32-33-34-35-36-37-38-39-40-41-42-43-45-47-49-51-53-55-57-59-61-68(71)77-66(65-76-78(72,73)75-63-62-69(3,4)5)64-74-67(70)60-58-56-54-52-50-48-46-44-23-21-19-17-15-13-11-9-7-2/h8-11,14-17,20-23,25-26,28-29,31-32,34-35,37-38,40-41,43,45-46,48,52,54,66H,6-7,12-13,18-19,24,27,30,33,36,39,42,44,47,49-51,53,55-65H2,1-5H3/b10-8-,11-9-,16-14-,17-15-,22-20-,23-21-,26-25-,29-28-,32-31-,35-34-,38-37-,41-40-,45-43-,48-46-,54-52-. The van der Waals surface area contributed by atoms with E-state index in [1.165, 1.54) is 0 Å². The van der Waals surface area contributed by atoms with Crippen LogP contribution in [0.3, 0.4) is 0 Å². The molecule has 0 N–H and O–H groups in total. The van der Waals surface area contributed by atoms with Crippen LogP contribution in [0, 0.1) is 0 Å². The summed E-state index contributed by atoms with van der Waals surface area (Å²) in [6.07, 6.45) is 88.1. The van der Waals surface area contributed by atoms with E-state index >= 15 is 0 Å². The van der Waals surface area contributed by atoms with Crippen molar-refractivity contribution in [2.45, 2.75) is 187 Å². The summed E-state index contributed by atoms with van der Waals surface area (Å²) < 4.78 is 34.0. The molecule has 0 spiro atoms. The average Bonchev–Trinajstić information content (AvgIpc) is 3.41. The maximum absolute atomic E-state index is 12.8. The molecule has 0 aromatic carbocycles. The van der Waals surface area contributed by atoms with Crippen molar-refractivity contribution in [2.75, 3.05) is 47.5 Å². The van der Waals surface area contributed by atoms with Gasteiger partial charge in [0.25, 0.3) is 7.82 Å². The molecule has 0 amide bonds. The lowest BCUT2D eigenvalue weighted by atomic mass is 10.1. The first-order valence-electron chi connectivity index (χ1n) is 29.5. The molecule has 436 valence electrons. The van der Waals surface area contributed by atoms with Crippen LogP contribution in [0.25, 0.3) is 0 Å². The lowest BCUT2D eigenvalue weighted by Crippen LogP contribution is -2.37. The minimum atomic E-state index is -4.67. The predicted molar refractivity (Wildman–Crippen MR) is 332 cm³/mol. The van der Waals surface area contributed by atoms with Crippen molar-refractivity contribution in [2.24, 2.45) is 0 Å². The minimum absolute atomic E-state index is 0.0538. The monoisotopic (exact) mass is 1100 g/mol. The molecule has 2 atom stereocenters. The third-order valence-corrected chi connectivity index (χ3v) is 12.4. The highest BCUT2D eigenvalue weighted by atomic mass is 31.2. The normalized spacial score (nSPS) is 14.6. The molecule has 10 heteroatoms. The Balaban J connectivity index is 4.27. The summed E-state index contributed by atoms with van der Waals surface area (Å²) in [4.78, 5) is 37.8. The maximum Gasteiger partial charge on any atom is 0.306 e. The molecule has 2 unspecified atom stereocenters. The first-order chi connectivity index (χ1) is 38.0. The Morgan fingerprint density at radius 1 is 0.397 bits per heavy atom. The van der Waals surface area contributed by atoms with Gasteiger partial charge in [-0.15, -0.1) is 0 Å². The Kier molecular flexibility index (Phi) is 53.3. The zero-order chi connectivity index (χ0) is 57.0. The van der Waals surface area contributed by atoms with Crippen LogP contribution < -0.4 is 4.89 Å². The van der Waals surface area contributed by atoms with Crippen molar-refractivity contribution in [1.82, 2.24) is 0 Å². The van der Waals surface area contributed by atoms with E-state index in [1.807, 2.05) is 27.2 Å². The fourth-order valence-electron chi connectivity index (χ4n) is 6.95. The van der Waals surface area contributed by atoms with Gasteiger partial charge in [0, 0.05) is 12.8 Å². The Labute approximate surface area is 476 Å². The summed E-state index contributed by atoms with van der Waals surface area (Å²) in [5, 5.41) is 0. The van der Waals surface area contributed by atoms with Crippen LogP contribution in [0.1, 0.15) is 181 Å². The number of esters is 2. The Morgan fingerprint density at radius 2 is 0.705 bits per heavy atom. The molecule has 0 aromatic rings. The molecule has 0 fully saturated rings. The van der Waals surface area contributed by atoms with E-state index in [1.54, 1.807) is 0 Å². The summed E-state index contributed by atoms with van der Waals surface area (Å²) in [5.74, 6) is -0.937. The Hall–Kier alpha value is -4.89. The lowest BCUT2D eigenvalue weighted by Gasteiger charge is -2.28. The van der Waals surface area contributed by atoms with Gasteiger partial charge < -0.3 is 27.9 Å². The van der Waals surface area contributed by atoms with E-state index in [-0.39, 0.29) is 26.1 Å². The second-order valence-corrected chi connectivity index (χ2v) is 21.3. The van der Waals surface area contributed by atoms with Gasteiger partial charge in [0.05, 0.1) is 27.7 Å². The largest absolute Gasteiger partial charge is 0.756 e. The third-order valence-electron chi connectivity index (χ3n) is 11.4. The number of nitrogens with zero attached hydrogens (tertiary/aromatic N) is 1. The van der Waals surface area contributed by atoms with Crippen molar-refractivity contribution in [3.63, 3.8) is 0 Å². The number of rotatable bonds is 51. The van der Waals surface area contributed by atoms with Gasteiger partial charge >= 0.3 is 11.9 Å². The number of phosphoric ester groups is 1. The van der Waals surface area contributed by atoms with E-state index in [2.05, 4.69) is 190 Å². The number of carbonyl (C=O) groups is 2. The number of quaternary nitrogens is 1. The van der Waals surface area contributed by atoms with E-state index in [4.69, 9.17) is 18.5 Å². The van der Waals surface area contributed by atoms with Gasteiger partial charge in [-0.25, -0.2) is 0 Å². The predicted octanol–water partition coefficient (Wildman–Crippen LogP) is 18.2. The van der Waals surface area contributed by atoms with Crippen molar-refractivity contribution in [3.05, 3.63) is 182 Å². The molecule has 0 saturated carbocycles. The topological polar surface area (TPSA) is 111 Å². The van der Waals surface area contributed by atoms with Crippen molar-refractivity contribution in [3.8, 4) is 0 Å². The molecule has 9 nitrogen and oxygen atoms in total. The van der Waals surface area contributed by atoms with E-state index in [9.17, 15) is 19.0 Å². The van der Waals surface area contributed by atoms with Gasteiger partial charge in [-0.2, -0.15) is 0 Å². The van der Waals surface area contributed by atoms with Crippen molar-refractivity contribution >= 4 is 19.8 Å². The lowest BCUT2D eigenvalue weighted by molar-refractivity contribution is -0.870. The Morgan fingerprint density at radius 3 is 1.06 bits per heavy atom. The van der Waals surface area contributed by atoms with E-state index < -0.39 is 32.5 Å². The summed E-state index contributed by atoms with van der Waals surface area (Å²) in [5.41, 5.74) is 0. The van der Waals surface area contributed by atoms with E-state index in [0.29, 0.717) is 23.9 Å². The summed E-state index contributed by atoms with van der Waals surface area (Å²) in [7, 11) is 1.09. The first-order valence-corrected chi connectivity index (χ1v) is 31.0. The molecule has 0 bridgehead atoms. The van der Waals surface area contributed by atoms with Crippen LogP contribution in [-0.4, -0.2) is 70.0 Å². The fraction of sp³-hybridized carbons (Fsp3) is 0.529. The molecular formula is C68H106NO8P. The zero-order valence-corrected chi connectivity index (χ0v) is 50.2. The SMILES string of the molecule is CC/C=C\C/C=C\C/C=C\C/C=C\C/C=C\C/C=C\C/C=C\C/C=C\C/C=C\C/C=C\CCCCCCCCC(=O)OC(COC(=O)CCC/C=C\C/C=C\C/C=C\C/C=C\C/C=C\CC)COP(=O)([O-])OCC[N+](C)(C)C. The number of likely N-dealkylation sites (N-methyl/N-ethyl adjacent to an activating group) is 1. The number of hydrogen-bond acceptors (Lipinski definition) is 8. The maximum atomic E-state index is 12.8. The second kappa shape index (κ2) is 56.8. The summed E-state index contributed by atoms with van der Waals surface area (Å²) >= 11 is 0. The molecule has 0 saturated heterocycles. The quantitative estimate of drug-likeness (QED) is 0.0195. The number of unbranched alkanes of at least 4 members (excludes halogenated alkanes) is 7. The van der Waals surface area contributed by atoms with Crippen LogP contribution >= 0.6 is 7.82 Å². The van der Waals surface area contributed by atoms with Gasteiger partial charge in [-0.05, 0) is 128 Å². The Bertz CT molecular complexity index is 1970. The summed E-state index contributed by atoms with van der Waals surface area (Å²) in [6.45, 7) is 3.88. The van der Waals surface area contributed by atoms with Gasteiger partial charge in [0.2, 0.25) is 0 Å². The second-order valence-electron chi connectivity index (χ2n) is 19.9. The highest BCUT2D eigenvalue weighted by molar-refractivity contribution is 7.45. The fourth-order valence-corrected chi connectivity index (χ4v) is 7.68. The number of hydrogen-bond donors (Lipinski definition) is 0. The number of allylic oxidation sites excluding steroid dienone is 30. The third kappa shape index (κ3) is 60.3. The molecule has 0 aliphatic heterocycles. The van der Waals surface area contributed by atoms with Gasteiger partial charge in [0.1, 0.15) is 19.8 Å². The highest BCUT2D eigenvalue weighted by Crippen LogP contribution is 2.38. The molecule has 78 heavy (non-hydrogen) atoms. The molecular weight excluding hydrogens is 990 g/mol. The molecule has 0 radical (unpaired) electrons. The molecule has 0 aliphatic rings. The molecule has 0 heterocycles. The van der Waals surface area contributed by atoms with Crippen LogP contribution in [0.5, 0.6) is 0 Å². The summed E-state index contributed by atoms with van der Waals surface area (Å²) in [6, 6.07) is 0. The van der Waals surface area contributed by atoms with Crippen LogP contribution in [-0.2, 0) is 32.7 Å². The van der Waals surface area contributed by atoms with Gasteiger partial charge in [0.15, 0.2) is 6.10 Å². The molecule has 0 aliphatic carbocycles. The first kappa shape index (κ1) is 73.1. The number of carbonyl (C=O) groups excluding carboxylic acids is 2. The van der Waals surface area contributed by atoms with Gasteiger partial charge in [-0.1, -0.05) is 222 Å². The minimum Gasteiger partial charge on any atom is -0.756 e. The molecule has 0 rings (SSSR count). The average molecular weight is 1100 g/mol. The van der Waals surface area contributed by atoms with Crippen LogP contribution in [0.15, 0.2) is 182 Å². The van der Waals surface area contributed by atoms with Crippen LogP contribution in [0.2, 0.25) is 0 Å². The highest BCUT2D eigenvalue weighted by Gasteiger charge is 2.21. The van der Waals surface area contributed by atoms with Crippen molar-refractivity contribution in [1.29, 1.82) is 0 Å². The number of ether oxygens (including phenoxy) is 2. The van der Waals surface area contributed by atoms with Crippen LogP contribution in [0.4, 0.5) is 0 Å². The van der Waals surface area contributed by atoms with E-state index in [0.717, 1.165) is 141 Å². The van der Waals surface area contributed by atoms with Gasteiger partial charge in [-0.3, -0.25) is 14.2 Å².